The van der Waals surface area contributed by atoms with Crippen LogP contribution in [0.1, 0.15) is 13.8 Å². The summed E-state index contributed by atoms with van der Waals surface area (Å²) in [4.78, 5) is 0. The van der Waals surface area contributed by atoms with Crippen LogP contribution >= 0.6 is 0 Å². The fourth-order valence-corrected chi connectivity index (χ4v) is 1.37. The summed E-state index contributed by atoms with van der Waals surface area (Å²) in [5.74, 6) is 0. The number of hydrogen-bond acceptors (Lipinski definition) is 0. The standard InChI is InChI=1S/C4H10Te/c1-3-5-4-2/h3-4H2,1-2H3/q+1. The van der Waals surface area contributed by atoms with Crippen LogP contribution in [0.25, 0.3) is 0 Å². The van der Waals surface area contributed by atoms with E-state index in [0.717, 1.165) is 0 Å². The van der Waals surface area contributed by atoms with Gasteiger partial charge in [-0.2, -0.15) is 0 Å². The normalized spacial score (nSPS) is 8.40. The Balaban J connectivity index is 2.19. The fourth-order valence-electron chi connectivity index (χ4n) is 0.204. The number of rotatable bonds is 2. The Morgan fingerprint density at radius 3 is 1.60 bits per heavy atom. The fraction of sp³-hybridized carbons (Fsp3) is 1.00. The average molecular weight is 186 g/mol. The predicted octanol–water partition coefficient (Wildman–Crippen LogP) is 1.57. The van der Waals surface area contributed by atoms with Gasteiger partial charge in [0.05, 0.1) is 0 Å². The van der Waals surface area contributed by atoms with Crippen molar-refractivity contribution in [2.45, 2.75) is 22.8 Å². The third-order valence-corrected chi connectivity index (χ3v) is 2.74. The molecule has 5 heavy (non-hydrogen) atoms. The van der Waals surface area contributed by atoms with E-state index in [1.807, 2.05) is 0 Å². The molecule has 0 aromatic rings. The topological polar surface area (TPSA) is 0 Å². The minimum atomic E-state index is 0.493. The molecule has 1 radical (unpaired) electrons. The van der Waals surface area contributed by atoms with Crippen LogP contribution in [0.3, 0.4) is 0 Å². The van der Waals surface area contributed by atoms with Gasteiger partial charge in [-0.1, -0.05) is 0 Å². The molecule has 0 N–H and O–H groups in total. The van der Waals surface area contributed by atoms with Crippen molar-refractivity contribution in [3.8, 4) is 0 Å². The van der Waals surface area contributed by atoms with Gasteiger partial charge in [0.2, 0.25) is 0 Å². The summed E-state index contributed by atoms with van der Waals surface area (Å²) in [5.41, 5.74) is 0. The SMILES string of the molecule is CC[Te+]CC. The molecule has 0 saturated heterocycles. The van der Waals surface area contributed by atoms with Gasteiger partial charge >= 0.3 is 43.7 Å². The van der Waals surface area contributed by atoms with E-state index in [0.29, 0.717) is 20.9 Å². The molecule has 0 amide bonds. The van der Waals surface area contributed by atoms with Gasteiger partial charge < -0.3 is 0 Å². The molecule has 0 nitrogen and oxygen atoms in total. The van der Waals surface area contributed by atoms with Crippen molar-refractivity contribution in [1.82, 2.24) is 0 Å². The zero-order valence-corrected chi connectivity index (χ0v) is 6.15. The van der Waals surface area contributed by atoms with Gasteiger partial charge in [0.25, 0.3) is 0 Å². The van der Waals surface area contributed by atoms with Crippen molar-refractivity contribution in [2.75, 3.05) is 0 Å². The summed E-state index contributed by atoms with van der Waals surface area (Å²) in [7, 11) is 0. The van der Waals surface area contributed by atoms with Crippen molar-refractivity contribution in [3.05, 3.63) is 0 Å². The van der Waals surface area contributed by atoms with E-state index >= 15 is 0 Å². The van der Waals surface area contributed by atoms with E-state index in [1.54, 1.807) is 0 Å². The molecular weight excluding hydrogens is 176 g/mol. The first-order chi connectivity index (χ1) is 2.41. The maximum atomic E-state index is 2.27. The summed E-state index contributed by atoms with van der Waals surface area (Å²) in [5, 5.41) is 0. The predicted molar refractivity (Wildman–Crippen MR) is 26.7 cm³/mol. The van der Waals surface area contributed by atoms with Crippen LogP contribution in [0.4, 0.5) is 0 Å². The van der Waals surface area contributed by atoms with Gasteiger partial charge in [0, 0.05) is 0 Å². The van der Waals surface area contributed by atoms with E-state index in [1.165, 1.54) is 8.94 Å². The van der Waals surface area contributed by atoms with E-state index in [9.17, 15) is 0 Å². The monoisotopic (exact) mass is 188 g/mol. The molecule has 0 bridgehead atoms. The molecule has 0 heterocycles. The third kappa shape index (κ3) is 4.79. The maximum absolute atomic E-state index is 2.27. The Bertz CT molecular complexity index is 11.1. The zero-order valence-electron chi connectivity index (χ0n) is 3.82. The second-order valence-electron chi connectivity index (χ2n) is 0.781. The molecule has 0 atom stereocenters. The molecule has 0 aliphatic carbocycles. The molecular formula is C4H10Te+. The van der Waals surface area contributed by atoms with Gasteiger partial charge in [0.1, 0.15) is 0 Å². The summed E-state index contributed by atoms with van der Waals surface area (Å²) in [6, 6.07) is 0. The second-order valence-corrected chi connectivity index (χ2v) is 5.24. The molecule has 0 spiro atoms. The average Bonchev–Trinajstić information content (AvgIpc) is 1.41. The summed E-state index contributed by atoms with van der Waals surface area (Å²) in [6.45, 7) is 4.54. The van der Waals surface area contributed by atoms with Gasteiger partial charge in [-0.05, 0) is 0 Å². The van der Waals surface area contributed by atoms with Crippen molar-refractivity contribution in [2.24, 2.45) is 0 Å². The first-order valence-electron chi connectivity index (χ1n) is 1.99. The molecule has 0 aromatic heterocycles. The van der Waals surface area contributed by atoms with Gasteiger partial charge in [-0.25, -0.2) is 0 Å². The van der Waals surface area contributed by atoms with Gasteiger partial charge in [-0.15, -0.1) is 0 Å². The van der Waals surface area contributed by atoms with E-state index in [2.05, 4.69) is 13.8 Å². The van der Waals surface area contributed by atoms with Gasteiger partial charge in [-0.3, -0.25) is 0 Å². The van der Waals surface area contributed by atoms with Crippen LogP contribution in [-0.2, 0) is 0 Å². The van der Waals surface area contributed by atoms with Crippen LogP contribution in [0, 0.1) is 0 Å². The summed E-state index contributed by atoms with van der Waals surface area (Å²) >= 11 is 0.493. The molecule has 31 valence electrons. The van der Waals surface area contributed by atoms with Crippen LogP contribution in [0.2, 0.25) is 8.94 Å². The Morgan fingerprint density at radius 2 is 1.60 bits per heavy atom. The van der Waals surface area contributed by atoms with E-state index < -0.39 is 0 Å². The van der Waals surface area contributed by atoms with Crippen molar-refractivity contribution < 1.29 is 0 Å². The Hall–Kier alpha value is 0.790. The van der Waals surface area contributed by atoms with E-state index in [4.69, 9.17) is 0 Å². The molecule has 0 aliphatic rings. The van der Waals surface area contributed by atoms with Crippen LogP contribution in [0.5, 0.6) is 0 Å². The molecule has 1 heteroatoms. The van der Waals surface area contributed by atoms with E-state index in [-0.39, 0.29) is 0 Å². The van der Waals surface area contributed by atoms with Crippen molar-refractivity contribution >= 4 is 20.9 Å². The summed E-state index contributed by atoms with van der Waals surface area (Å²) in [6.07, 6.45) is 0. The third-order valence-electron chi connectivity index (χ3n) is 0.408. The molecule has 0 fully saturated rings. The molecule has 0 aromatic carbocycles. The quantitative estimate of drug-likeness (QED) is 0.573. The minimum absolute atomic E-state index is 0.493. The van der Waals surface area contributed by atoms with Crippen LogP contribution < -0.4 is 0 Å². The second kappa shape index (κ2) is 4.79. The van der Waals surface area contributed by atoms with Crippen LogP contribution in [-0.4, -0.2) is 20.9 Å². The molecule has 0 aliphatic heterocycles. The first-order valence-corrected chi connectivity index (χ1v) is 5.29. The van der Waals surface area contributed by atoms with Crippen LogP contribution in [0.15, 0.2) is 0 Å². The zero-order chi connectivity index (χ0) is 4.12. The van der Waals surface area contributed by atoms with Crippen molar-refractivity contribution in [3.63, 3.8) is 0 Å². The van der Waals surface area contributed by atoms with Gasteiger partial charge in [0.15, 0.2) is 0 Å². The first kappa shape index (κ1) is 5.79. The Kier molecular flexibility index (Phi) is 5.55. The molecule has 0 rings (SSSR count). The molecule has 0 saturated carbocycles. The number of hydrogen-bond donors (Lipinski definition) is 0. The molecule has 0 unspecified atom stereocenters. The van der Waals surface area contributed by atoms with Crippen molar-refractivity contribution in [1.29, 1.82) is 0 Å². The Labute approximate surface area is 44.0 Å². The summed E-state index contributed by atoms with van der Waals surface area (Å²) < 4.78 is 2.95. The Morgan fingerprint density at radius 1 is 1.20 bits per heavy atom.